The third-order valence-electron chi connectivity index (χ3n) is 5.63. The Morgan fingerprint density at radius 2 is 1.53 bits per heavy atom. The van der Waals surface area contributed by atoms with E-state index in [1.54, 1.807) is 17.6 Å². The monoisotopic (exact) mass is 442 g/mol. The van der Waals surface area contributed by atoms with Crippen molar-refractivity contribution in [1.29, 1.82) is 0 Å². The molecule has 0 spiro atoms. The second kappa shape index (κ2) is 7.46. The number of nitrogens with zero attached hydrogens (tertiary/aromatic N) is 3. The Hall–Kier alpha value is -3.71. The minimum atomic E-state index is -3.94. The minimum absolute atomic E-state index is 0.00961. The van der Waals surface area contributed by atoms with Gasteiger partial charge in [0.2, 0.25) is 9.84 Å². The number of hydrogen-bond donors (Lipinski definition) is 1. The van der Waals surface area contributed by atoms with Crippen LogP contribution in [0.5, 0.6) is 0 Å². The molecule has 0 aliphatic rings. The summed E-state index contributed by atoms with van der Waals surface area (Å²) in [6.45, 7) is 4.04. The molecule has 0 unspecified atom stereocenters. The summed E-state index contributed by atoms with van der Waals surface area (Å²) in [7, 11) is -3.94. The van der Waals surface area contributed by atoms with E-state index >= 15 is 0 Å². The van der Waals surface area contributed by atoms with Crippen molar-refractivity contribution >= 4 is 37.9 Å². The van der Waals surface area contributed by atoms with Crippen LogP contribution >= 0.6 is 0 Å². The van der Waals surface area contributed by atoms with E-state index < -0.39 is 9.84 Å². The first kappa shape index (κ1) is 20.2. The minimum Gasteiger partial charge on any atom is -0.384 e. The van der Waals surface area contributed by atoms with Gasteiger partial charge in [0.1, 0.15) is 16.2 Å². The number of hydrogen-bond acceptors (Lipinski definition) is 5. The van der Waals surface area contributed by atoms with Gasteiger partial charge in [0, 0.05) is 0 Å². The lowest BCUT2D eigenvalue weighted by Gasteiger charge is -2.10. The summed E-state index contributed by atoms with van der Waals surface area (Å²) in [5.41, 5.74) is 11.1. The fourth-order valence-corrected chi connectivity index (χ4v) is 5.82. The Balaban J connectivity index is 1.85. The molecule has 0 aliphatic heterocycles. The van der Waals surface area contributed by atoms with Crippen molar-refractivity contribution in [3.63, 3.8) is 0 Å². The summed E-state index contributed by atoms with van der Waals surface area (Å²) in [6.07, 6.45) is 0. The molecule has 0 radical (unpaired) electrons. The smallest absolute Gasteiger partial charge is 0.212 e. The number of nitrogen functional groups attached to an aromatic ring is 1. The third kappa shape index (κ3) is 3.22. The number of benzene rings is 3. The van der Waals surface area contributed by atoms with E-state index in [4.69, 9.17) is 15.7 Å². The lowest BCUT2D eigenvalue weighted by Crippen LogP contribution is -2.10. The van der Waals surface area contributed by atoms with Crippen LogP contribution < -0.4 is 5.73 Å². The molecule has 0 saturated carbocycles. The number of fused-ring (bicyclic) bond motifs is 2. The Kier molecular flexibility index (Phi) is 4.71. The van der Waals surface area contributed by atoms with Crippen molar-refractivity contribution in [2.24, 2.45) is 0 Å². The maximum Gasteiger partial charge on any atom is 0.212 e. The molecule has 5 aromatic rings. The van der Waals surface area contributed by atoms with Gasteiger partial charge in [-0.25, -0.2) is 18.4 Å². The van der Waals surface area contributed by atoms with Gasteiger partial charge in [0.15, 0.2) is 5.65 Å². The Morgan fingerprint density at radius 1 is 0.875 bits per heavy atom. The number of aromatic nitrogens is 3. The number of sulfone groups is 1. The maximum absolute atomic E-state index is 13.9. The third-order valence-corrected chi connectivity index (χ3v) is 7.59. The van der Waals surface area contributed by atoms with Gasteiger partial charge in [-0.2, -0.15) is 0 Å². The molecular formula is C25H22N4O2S. The Morgan fingerprint density at radius 3 is 2.25 bits per heavy atom. The molecule has 6 nitrogen and oxygen atoms in total. The molecular weight excluding hydrogens is 420 g/mol. The normalized spacial score (nSPS) is 11.9. The van der Waals surface area contributed by atoms with Crippen molar-refractivity contribution in [2.75, 3.05) is 5.73 Å². The van der Waals surface area contributed by atoms with Crippen LogP contribution in [-0.2, 0) is 16.4 Å². The van der Waals surface area contributed by atoms with E-state index in [1.165, 1.54) is 0 Å². The average molecular weight is 443 g/mol. The predicted molar refractivity (Wildman–Crippen MR) is 126 cm³/mol. The number of aryl methyl sites for hydroxylation is 2. The van der Waals surface area contributed by atoms with E-state index in [9.17, 15) is 8.42 Å². The van der Waals surface area contributed by atoms with Gasteiger partial charge >= 0.3 is 0 Å². The topological polar surface area (TPSA) is 90.9 Å². The van der Waals surface area contributed by atoms with E-state index in [0.29, 0.717) is 28.8 Å². The van der Waals surface area contributed by atoms with Crippen LogP contribution in [0.15, 0.2) is 82.6 Å². The van der Waals surface area contributed by atoms with Gasteiger partial charge in [-0.05, 0) is 48.7 Å². The van der Waals surface area contributed by atoms with Crippen molar-refractivity contribution in [2.45, 2.75) is 30.2 Å². The van der Waals surface area contributed by atoms with Crippen LogP contribution in [-0.4, -0.2) is 23.0 Å². The lowest BCUT2D eigenvalue weighted by atomic mass is 10.2. The highest BCUT2D eigenvalue weighted by Crippen LogP contribution is 2.36. The van der Waals surface area contributed by atoms with Crippen LogP contribution in [0.2, 0.25) is 0 Å². The first-order valence-corrected chi connectivity index (χ1v) is 11.8. The van der Waals surface area contributed by atoms with Crippen LogP contribution in [0, 0.1) is 13.8 Å². The fraction of sp³-hybridized carbons (Fsp3) is 0.120. The zero-order valence-electron chi connectivity index (χ0n) is 17.8. The highest BCUT2D eigenvalue weighted by atomic mass is 32.2. The van der Waals surface area contributed by atoms with Gasteiger partial charge in [-0.15, -0.1) is 0 Å². The maximum atomic E-state index is 13.9. The summed E-state index contributed by atoms with van der Waals surface area (Å²) < 4.78 is 29.5. The van der Waals surface area contributed by atoms with Gasteiger partial charge in [0.25, 0.3) is 0 Å². The summed E-state index contributed by atoms with van der Waals surface area (Å²) in [4.78, 5) is 9.70. The quantitative estimate of drug-likeness (QED) is 0.437. The van der Waals surface area contributed by atoms with Crippen LogP contribution in [0.25, 0.3) is 22.2 Å². The molecule has 160 valence electrons. The largest absolute Gasteiger partial charge is 0.384 e. The van der Waals surface area contributed by atoms with Crippen LogP contribution in [0.4, 0.5) is 5.82 Å². The molecule has 0 aliphatic carbocycles. The standard InChI is InChI=1S/C25H22N4O2S/c1-16-12-13-17(2)21(14-16)32(30,31)23-22-25(28-20-11-7-6-10-19(20)27-22)29(24(23)26)15-18-8-4-3-5-9-18/h3-14H,15,26H2,1-2H3. The van der Waals surface area contributed by atoms with Gasteiger partial charge in [-0.3, -0.25) is 0 Å². The number of anilines is 1. The van der Waals surface area contributed by atoms with E-state index in [-0.39, 0.29) is 21.1 Å². The zero-order valence-corrected chi connectivity index (χ0v) is 18.6. The molecule has 2 aromatic heterocycles. The summed E-state index contributed by atoms with van der Waals surface area (Å²) in [6, 6.07) is 22.5. The fourth-order valence-electron chi connectivity index (χ4n) is 3.99. The average Bonchev–Trinajstić information content (AvgIpc) is 3.05. The molecule has 0 atom stereocenters. The molecule has 0 saturated heterocycles. The lowest BCUT2D eigenvalue weighted by molar-refractivity contribution is 0.596. The number of nitrogens with two attached hydrogens (primary N) is 1. The molecule has 5 rings (SSSR count). The molecule has 2 heterocycles. The summed E-state index contributed by atoms with van der Waals surface area (Å²) in [5, 5.41) is 0. The highest BCUT2D eigenvalue weighted by Gasteiger charge is 2.31. The molecule has 0 amide bonds. The van der Waals surface area contributed by atoms with Crippen molar-refractivity contribution < 1.29 is 8.42 Å². The predicted octanol–water partition coefficient (Wildman–Crippen LogP) is 4.66. The molecule has 32 heavy (non-hydrogen) atoms. The van der Waals surface area contributed by atoms with E-state index in [1.807, 2.05) is 73.7 Å². The summed E-state index contributed by atoms with van der Waals surface area (Å²) >= 11 is 0. The summed E-state index contributed by atoms with van der Waals surface area (Å²) in [5.74, 6) is 0.139. The molecule has 0 bridgehead atoms. The second-order valence-corrected chi connectivity index (χ2v) is 9.80. The van der Waals surface area contributed by atoms with E-state index in [2.05, 4.69) is 0 Å². The van der Waals surface area contributed by atoms with Crippen LogP contribution in [0.1, 0.15) is 16.7 Å². The Labute approximate surface area is 186 Å². The molecule has 7 heteroatoms. The van der Waals surface area contributed by atoms with Gasteiger partial charge in [0.05, 0.1) is 22.5 Å². The SMILES string of the molecule is Cc1ccc(C)c(S(=O)(=O)c2c(N)n(Cc3ccccc3)c3nc4ccccc4nc23)c1. The molecule has 2 N–H and O–H groups in total. The molecule has 0 fully saturated rings. The first-order chi connectivity index (χ1) is 15.4. The van der Waals surface area contributed by atoms with Gasteiger partial charge < -0.3 is 10.3 Å². The second-order valence-electron chi connectivity index (χ2n) is 7.94. The number of rotatable bonds is 4. The zero-order chi connectivity index (χ0) is 22.5. The van der Waals surface area contributed by atoms with Crippen molar-refractivity contribution in [3.8, 4) is 0 Å². The van der Waals surface area contributed by atoms with Crippen molar-refractivity contribution in [1.82, 2.24) is 14.5 Å². The van der Waals surface area contributed by atoms with Crippen molar-refractivity contribution in [3.05, 3.63) is 89.5 Å². The number of para-hydroxylation sites is 2. The Bertz CT molecular complexity index is 1590. The molecule has 3 aromatic carbocycles. The highest BCUT2D eigenvalue weighted by molar-refractivity contribution is 7.92. The van der Waals surface area contributed by atoms with E-state index in [0.717, 1.165) is 11.1 Å². The first-order valence-electron chi connectivity index (χ1n) is 10.3. The van der Waals surface area contributed by atoms with Gasteiger partial charge in [-0.1, -0.05) is 54.6 Å². The van der Waals surface area contributed by atoms with Crippen LogP contribution in [0.3, 0.4) is 0 Å².